The summed E-state index contributed by atoms with van der Waals surface area (Å²) in [6.07, 6.45) is 3.34. The maximum Gasteiger partial charge on any atom is 0.251 e. The highest BCUT2D eigenvalue weighted by Crippen LogP contribution is 2.28. The average Bonchev–Trinajstić information content (AvgIpc) is 2.74. The topological polar surface area (TPSA) is 88.6 Å². The van der Waals surface area contributed by atoms with Gasteiger partial charge in [-0.15, -0.1) is 0 Å². The van der Waals surface area contributed by atoms with Gasteiger partial charge in [0.15, 0.2) is 0 Å². The lowest BCUT2D eigenvalue weighted by atomic mass is 10.0. The first-order chi connectivity index (χ1) is 14.7. The Morgan fingerprint density at radius 2 is 1.94 bits per heavy atom. The zero-order chi connectivity index (χ0) is 22.6. The molecular weight excluding hydrogens is 414 g/mol. The maximum atomic E-state index is 13.3. The minimum atomic E-state index is -3.65. The van der Waals surface area contributed by atoms with E-state index in [1.807, 2.05) is 13.8 Å². The van der Waals surface area contributed by atoms with Gasteiger partial charge in [0, 0.05) is 37.5 Å². The predicted octanol–water partition coefficient (Wildman–Crippen LogP) is 3.45. The highest BCUT2D eigenvalue weighted by Gasteiger charge is 2.30. The van der Waals surface area contributed by atoms with Crippen LogP contribution in [0.15, 0.2) is 35.4 Å². The number of aromatic nitrogens is 1. The van der Waals surface area contributed by atoms with Crippen molar-refractivity contribution in [3.63, 3.8) is 0 Å². The van der Waals surface area contributed by atoms with E-state index >= 15 is 0 Å². The van der Waals surface area contributed by atoms with E-state index in [0.717, 1.165) is 24.0 Å². The number of rotatable bonds is 7. The van der Waals surface area contributed by atoms with E-state index in [4.69, 9.17) is 4.74 Å². The molecule has 0 spiro atoms. The summed E-state index contributed by atoms with van der Waals surface area (Å²) in [5.41, 5.74) is 2.65. The fourth-order valence-electron chi connectivity index (χ4n) is 3.66. The number of aryl methyl sites for hydroxylation is 1. The van der Waals surface area contributed by atoms with E-state index < -0.39 is 10.0 Å². The van der Waals surface area contributed by atoms with E-state index in [9.17, 15) is 13.2 Å². The summed E-state index contributed by atoms with van der Waals surface area (Å²) in [6, 6.07) is 6.82. The van der Waals surface area contributed by atoms with Gasteiger partial charge in [0.1, 0.15) is 0 Å². The van der Waals surface area contributed by atoms with E-state index in [-0.39, 0.29) is 10.8 Å². The van der Waals surface area contributed by atoms with Crippen molar-refractivity contribution >= 4 is 15.9 Å². The summed E-state index contributed by atoms with van der Waals surface area (Å²) in [7, 11) is -3.65. The second-order valence-corrected chi connectivity index (χ2v) is 10.0. The van der Waals surface area contributed by atoms with E-state index in [2.05, 4.69) is 17.2 Å². The summed E-state index contributed by atoms with van der Waals surface area (Å²) in [5, 5.41) is 2.86. The van der Waals surface area contributed by atoms with Crippen LogP contribution in [0.25, 0.3) is 0 Å². The summed E-state index contributed by atoms with van der Waals surface area (Å²) in [5.74, 6) is 0.717. The highest BCUT2D eigenvalue weighted by atomic mass is 32.2. The number of hydrogen-bond donors (Lipinski definition) is 1. The number of benzene rings is 1. The predicted molar refractivity (Wildman–Crippen MR) is 120 cm³/mol. The van der Waals surface area contributed by atoms with Crippen LogP contribution >= 0.6 is 0 Å². The summed E-state index contributed by atoms with van der Waals surface area (Å²) < 4.78 is 33.5. The second-order valence-electron chi connectivity index (χ2n) is 8.12. The molecule has 168 valence electrons. The Morgan fingerprint density at radius 3 is 2.61 bits per heavy atom. The van der Waals surface area contributed by atoms with E-state index in [1.165, 1.54) is 6.07 Å². The quantitative estimate of drug-likeness (QED) is 0.705. The molecule has 2 aromatic rings. The lowest BCUT2D eigenvalue weighted by molar-refractivity contribution is 0.0950. The van der Waals surface area contributed by atoms with Crippen LogP contribution in [0, 0.1) is 19.8 Å². The minimum Gasteiger partial charge on any atom is -0.478 e. The number of ether oxygens (including phenoxy) is 1. The number of nitrogens with one attached hydrogen (secondary N) is 1. The van der Waals surface area contributed by atoms with Gasteiger partial charge in [0.2, 0.25) is 15.9 Å². The molecule has 0 radical (unpaired) electrons. The molecule has 0 aliphatic carbocycles. The Hall–Kier alpha value is -2.45. The number of pyridine rings is 1. The van der Waals surface area contributed by atoms with Crippen molar-refractivity contribution in [2.75, 3.05) is 19.7 Å². The molecule has 1 aromatic carbocycles. The zero-order valence-corrected chi connectivity index (χ0v) is 19.5. The molecule has 1 aliphatic heterocycles. The molecule has 0 atom stereocenters. The molecule has 1 fully saturated rings. The number of nitrogens with zero attached hydrogens (tertiary/aromatic N) is 2. The van der Waals surface area contributed by atoms with E-state index in [1.54, 1.807) is 35.6 Å². The summed E-state index contributed by atoms with van der Waals surface area (Å²) >= 11 is 0. The fraction of sp³-hybridized carbons (Fsp3) is 0.478. The molecule has 7 nitrogen and oxygen atoms in total. The monoisotopic (exact) mass is 445 g/mol. The van der Waals surface area contributed by atoms with Crippen molar-refractivity contribution in [2.45, 2.75) is 52.0 Å². The third-order valence-corrected chi connectivity index (χ3v) is 7.81. The Balaban J connectivity index is 1.80. The first kappa shape index (κ1) is 23.2. The van der Waals surface area contributed by atoms with Crippen LogP contribution in [-0.4, -0.2) is 43.3 Å². The first-order valence-corrected chi connectivity index (χ1v) is 12.1. The van der Waals surface area contributed by atoms with Gasteiger partial charge in [-0.3, -0.25) is 4.79 Å². The lowest BCUT2D eigenvalue weighted by Gasteiger charge is -2.30. The van der Waals surface area contributed by atoms with Gasteiger partial charge in [-0.05, 0) is 74.4 Å². The van der Waals surface area contributed by atoms with Gasteiger partial charge < -0.3 is 10.1 Å². The largest absolute Gasteiger partial charge is 0.478 e. The van der Waals surface area contributed by atoms with Crippen molar-refractivity contribution in [1.29, 1.82) is 0 Å². The zero-order valence-electron chi connectivity index (χ0n) is 18.6. The standard InChI is InChI=1S/C23H31N3O4S/c1-5-30-22-13-19(6-9-24-22)15-25-23(27)20-12-17(3)18(4)21(14-20)31(28,29)26-10-7-16(2)8-11-26/h6,9,12-14,16H,5,7-8,10-11,15H2,1-4H3,(H,25,27). The van der Waals surface area contributed by atoms with Crippen LogP contribution in [-0.2, 0) is 16.6 Å². The number of carbonyl (C=O) groups excluding carboxylic acids is 1. The summed E-state index contributed by atoms with van der Waals surface area (Å²) in [4.78, 5) is 17.2. The molecule has 2 heterocycles. The summed E-state index contributed by atoms with van der Waals surface area (Å²) in [6.45, 7) is 9.49. The van der Waals surface area contributed by atoms with Gasteiger partial charge >= 0.3 is 0 Å². The van der Waals surface area contributed by atoms with Crippen LogP contribution in [0.4, 0.5) is 0 Å². The van der Waals surface area contributed by atoms with Crippen molar-refractivity contribution in [3.05, 3.63) is 52.7 Å². The Morgan fingerprint density at radius 1 is 1.23 bits per heavy atom. The normalized spacial score (nSPS) is 15.6. The SMILES string of the molecule is CCOc1cc(CNC(=O)c2cc(C)c(C)c(S(=O)(=O)N3CCC(C)CC3)c2)ccn1. The number of amides is 1. The Bertz CT molecular complexity index is 1040. The molecule has 1 N–H and O–H groups in total. The molecule has 0 unspecified atom stereocenters. The highest BCUT2D eigenvalue weighted by molar-refractivity contribution is 7.89. The smallest absolute Gasteiger partial charge is 0.251 e. The molecule has 1 aromatic heterocycles. The van der Waals surface area contributed by atoms with Crippen LogP contribution < -0.4 is 10.1 Å². The molecule has 0 bridgehead atoms. The van der Waals surface area contributed by atoms with Gasteiger partial charge in [0.25, 0.3) is 5.91 Å². The number of carbonyl (C=O) groups is 1. The molecule has 3 rings (SSSR count). The Labute approximate surface area is 184 Å². The third kappa shape index (κ3) is 5.43. The second kappa shape index (κ2) is 9.78. The van der Waals surface area contributed by atoms with Gasteiger partial charge in [0.05, 0.1) is 11.5 Å². The minimum absolute atomic E-state index is 0.217. The molecule has 1 aliphatic rings. The van der Waals surface area contributed by atoms with E-state index in [0.29, 0.717) is 49.2 Å². The van der Waals surface area contributed by atoms with Crippen LogP contribution in [0.2, 0.25) is 0 Å². The van der Waals surface area contributed by atoms with Crippen LogP contribution in [0.1, 0.15) is 53.7 Å². The van der Waals surface area contributed by atoms with Crippen molar-refractivity contribution < 1.29 is 17.9 Å². The number of sulfonamides is 1. The molecule has 8 heteroatoms. The number of hydrogen-bond acceptors (Lipinski definition) is 5. The molecular formula is C23H31N3O4S. The van der Waals surface area contributed by atoms with Crippen LogP contribution in [0.5, 0.6) is 5.88 Å². The van der Waals surface area contributed by atoms with Crippen molar-refractivity contribution in [3.8, 4) is 5.88 Å². The molecule has 1 amide bonds. The average molecular weight is 446 g/mol. The maximum absolute atomic E-state index is 13.3. The molecule has 31 heavy (non-hydrogen) atoms. The van der Waals surface area contributed by atoms with Gasteiger partial charge in [-0.1, -0.05) is 6.92 Å². The fourth-order valence-corrected chi connectivity index (χ4v) is 5.46. The molecule has 0 saturated carbocycles. The van der Waals surface area contributed by atoms with Gasteiger partial charge in [-0.25, -0.2) is 13.4 Å². The van der Waals surface area contributed by atoms with Gasteiger partial charge in [-0.2, -0.15) is 4.31 Å². The molecule has 1 saturated heterocycles. The first-order valence-electron chi connectivity index (χ1n) is 10.7. The number of piperidine rings is 1. The van der Waals surface area contributed by atoms with Crippen molar-refractivity contribution in [2.24, 2.45) is 5.92 Å². The Kier molecular flexibility index (Phi) is 7.33. The third-order valence-electron chi connectivity index (χ3n) is 5.79. The van der Waals surface area contributed by atoms with Crippen LogP contribution in [0.3, 0.4) is 0 Å². The van der Waals surface area contributed by atoms with Crippen molar-refractivity contribution in [1.82, 2.24) is 14.6 Å². The lowest BCUT2D eigenvalue weighted by Crippen LogP contribution is -2.38.